The summed E-state index contributed by atoms with van der Waals surface area (Å²) in [6, 6.07) is 8.68. The van der Waals surface area contributed by atoms with Crippen LogP contribution in [0.5, 0.6) is 0 Å². The highest BCUT2D eigenvalue weighted by Crippen LogP contribution is 2.59. The van der Waals surface area contributed by atoms with E-state index in [2.05, 4.69) is 39.0 Å². The van der Waals surface area contributed by atoms with Gasteiger partial charge in [0.2, 0.25) is 0 Å². The van der Waals surface area contributed by atoms with Crippen molar-refractivity contribution in [3.63, 3.8) is 0 Å². The second kappa shape index (κ2) is 14.0. The van der Waals surface area contributed by atoms with Crippen molar-refractivity contribution in [1.29, 1.82) is 0 Å². The van der Waals surface area contributed by atoms with Gasteiger partial charge in [0.25, 0.3) is 5.79 Å². The maximum absolute atomic E-state index is 14.1. The van der Waals surface area contributed by atoms with Gasteiger partial charge in [0.1, 0.15) is 0 Å². The summed E-state index contributed by atoms with van der Waals surface area (Å²) >= 11 is 0. The van der Waals surface area contributed by atoms with Gasteiger partial charge in [-0.1, -0.05) is 69.7 Å². The number of rotatable bonds is 11. The number of hydrogen-bond donors (Lipinski definition) is 1. The summed E-state index contributed by atoms with van der Waals surface area (Å²) in [6.07, 6.45) is 11.3. The normalized spacial score (nSPS) is 27.1. The lowest BCUT2D eigenvalue weighted by molar-refractivity contribution is -0.229. The van der Waals surface area contributed by atoms with Crippen molar-refractivity contribution in [3.8, 4) is 0 Å². The molecule has 1 aromatic carbocycles. The van der Waals surface area contributed by atoms with Crippen molar-refractivity contribution in [1.82, 2.24) is 0 Å². The monoisotopic (exact) mass is 640 g/mol. The predicted molar refractivity (Wildman–Crippen MR) is 176 cm³/mol. The van der Waals surface area contributed by atoms with E-state index in [1.54, 1.807) is 24.3 Å². The van der Waals surface area contributed by atoms with Crippen LogP contribution in [0.4, 0.5) is 0 Å². The summed E-state index contributed by atoms with van der Waals surface area (Å²) in [6.45, 7) is 13.0. The van der Waals surface area contributed by atoms with Crippen molar-refractivity contribution in [2.45, 2.75) is 122 Å². The zero-order valence-electron chi connectivity index (χ0n) is 28.0. The number of benzene rings is 1. The molecular weight excluding hydrogens is 588 g/mol. The van der Waals surface area contributed by atoms with Crippen molar-refractivity contribution >= 4 is 21.8 Å². The smallest absolute Gasteiger partial charge is 0.305 e. The van der Waals surface area contributed by atoms with Gasteiger partial charge < -0.3 is 14.6 Å². The van der Waals surface area contributed by atoms with Crippen LogP contribution in [0.25, 0.3) is 0 Å². The molecule has 0 spiro atoms. The number of hydrogen-bond acceptors (Lipinski definition) is 7. The van der Waals surface area contributed by atoms with Crippen LogP contribution >= 0.6 is 0 Å². The summed E-state index contributed by atoms with van der Waals surface area (Å²) < 4.78 is 39.4. The molecule has 6 atom stereocenters. The molecule has 4 rings (SSSR count). The highest BCUT2D eigenvalue weighted by Gasteiger charge is 2.53. The van der Waals surface area contributed by atoms with Crippen LogP contribution in [0.3, 0.4) is 0 Å². The molecule has 3 aliphatic rings. The molecule has 1 fully saturated rings. The molecule has 0 heterocycles. The lowest BCUT2D eigenvalue weighted by atomic mass is 9.62. The number of carbonyl (C=O) groups is 2. The Morgan fingerprint density at radius 2 is 1.67 bits per heavy atom. The van der Waals surface area contributed by atoms with Crippen LogP contribution in [0.2, 0.25) is 0 Å². The fourth-order valence-electron chi connectivity index (χ4n) is 8.27. The molecule has 3 aliphatic carbocycles. The third kappa shape index (κ3) is 7.65. The topological polar surface area (TPSA) is 107 Å². The van der Waals surface area contributed by atoms with Gasteiger partial charge in [-0.25, -0.2) is 8.42 Å². The first-order valence-corrected chi connectivity index (χ1v) is 18.1. The second-order valence-electron chi connectivity index (χ2n) is 14.2. The van der Waals surface area contributed by atoms with E-state index in [9.17, 15) is 23.1 Å². The lowest BCUT2D eigenvalue weighted by Crippen LogP contribution is -2.43. The van der Waals surface area contributed by atoms with E-state index in [0.717, 1.165) is 31.3 Å². The fraction of sp³-hybridized carbons (Fsp3) is 0.622. The molecule has 1 saturated carbocycles. The molecule has 0 aliphatic heterocycles. The maximum Gasteiger partial charge on any atom is 0.305 e. The molecule has 248 valence electrons. The van der Waals surface area contributed by atoms with Crippen molar-refractivity contribution < 1.29 is 32.6 Å². The molecule has 1 N–H and O–H groups in total. The Hall–Kier alpha value is -2.71. The van der Waals surface area contributed by atoms with E-state index >= 15 is 0 Å². The van der Waals surface area contributed by atoms with E-state index in [0.29, 0.717) is 24.2 Å². The molecule has 0 amide bonds. The Labute approximate surface area is 270 Å². The van der Waals surface area contributed by atoms with Gasteiger partial charge >= 0.3 is 11.9 Å². The van der Waals surface area contributed by atoms with Crippen molar-refractivity contribution in [3.05, 3.63) is 65.3 Å². The zero-order valence-corrected chi connectivity index (χ0v) is 28.9. The summed E-state index contributed by atoms with van der Waals surface area (Å²) in [7, 11) is -3.67. The summed E-state index contributed by atoms with van der Waals surface area (Å²) in [5.41, 5.74) is 3.34. The highest BCUT2D eigenvalue weighted by atomic mass is 32.2. The molecule has 0 radical (unpaired) electrons. The van der Waals surface area contributed by atoms with Crippen molar-refractivity contribution in [2.75, 3.05) is 0 Å². The van der Waals surface area contributed by atoms with Gasteiger partial charge in [0.15, 0.2) is 9.84 Å². The van der Waals surface area contributed by atoms with E-state index < -0.39 is 38.9 Å². The van der Waals surface area contributed by atoms with Gasteiger partial charge in [-0.2, -0.15) is 0 Å². The number of esters is 2. The molecular formula is C37H52O7S. The van der Waals surface area contributed by atoms with E-state index in [4.69, 9.17) is 9.47 Å². The number of aliphatic hydroxyl groups is 1. The van der Waals surface area contributed by atoms with E-state index in [1.165, 1.54) is 25.0 Å². The molecule has 2 unspecified atom stereocenters. The third-order valence-electron chi connectivity index (χ3n) is 10.8. The third-order valence-corrected chi connectivity index (χ3v) is 13.2. The van der Waals surface area contributed by atoms with Crippen LogP contribution in [0.15, 0.2) is 70.2 Å². The number of carbonyl (C=O) groups excluding carboxylic acids is 2. The molecule has 8 heteroatoms. The Kier molecular flexibility index (Phi) is 10.9. The SMILES string of the molecule is CC(=O)OC1(OC(C)=O)CCC(C)=C(C=CC2=CCC[C@]3(C)[C@@H]([C@H](C)C(CC(O)C(C)C)S(=O)(=O)c4ccccc4)CC[C@@H]23)C1. The van der Waals surface area contributed by atoms with Gasteiger partial charge in [-0.15, -0.1) is 0 Å². The molecule has 0 aromatic heterocycles. The number of sulfone groups is 1. The largest absolute Gasteiger partial charge is 0.422 e. The molecule has 7 nitrogen and oxygen atoms in total. The first-order valence-electron chi connectivity index (χ1n) is 16.5. The number of ether oxygens (including phenoxy) is 2. The minimum atomic E-state index is -3.67. The minimum absolute atomic E-state index is 0.0371. The van der Waals surface area contributed by atoms with Crippen LogP contribution in [0.1, 0.15) is 99.8 Å². The minimum Gasteiger partial charge on any atom is -0.422 e. The highest BCUT2D eigenvalue weighted by molar-refractivity contribution is 7.92. The Bertz CT molecular complexity index is 1420. The standard InChI is InChI=1S/C37H52O7S/c1-24(2)34(40)22-35(45(41,42)31-13-9-8-10-14-31)26(4)32-17-18-33-29(12-11-20-36(32,33)7)15-16-30-23-37(43-27(5)38,44-28(6)39)21-19-25(30)3/h8-10,12-16,24,26,32-35,40H,11,17-23H2,1-7H3/t26-,32+,33-,34?,35?,36+/m0/s1. The molecule has 0 saturated heterocycles. The van der Waals surface area contributed by atoms with Gasteiger partial charge in [-0.05, 0) is 97.8 Å². The van der Waals surface area contributed by atoms with Crippen molar-refractivity contribution in [2.24, 2.45) is 29.1 Å². The fourth-order valence-corrected chi connectivity index (χ4v) is 10.4. The first kappa shape index (κ1) is 35.1. The summed E-state index contributed by atoms with van der Waals surface area (Å²) in [5.74, 6) is -1.97. The Morgan fingerprint density at radius 1 is 1.02 bits per heavy atom. The maximum atomic E-state index is 14.1. The predicted octanol–water partition coefficient (Wildman–Crippen LogP) is 7.50. The Balaban J connectivity index is 1.60. The van der Waals surface area contributed by atoms with E-state index in [-0.39, 0.29) is 35.5 Å². The van der Waals surface area contributed by atoms with Gasteiger partial charge in [0.05, 0.1) is 22.7 Å². The van der Waals surface area contributed by atoms with E-state index in [1.807, 2.05) is 19.9 Å². The van der Waals surface area contributed by atoms with Crippen LogP contribution < -0.4 is 0 Å². The van der Waals surface area contributed by atoms with Crippen LogP contribution in [-0.4, -0.2) is 42.6 Å². The quantitative estimate of drug-likeness (QED) is 0.197. The average Bonchev–Trinajstić information content (AvgIpc) is 3.33. The number of aliphatic hydroxyl groups excluding tert-OH is 1. The second-order valence-corrected chi connectivity index (χ2v) is 16.4. The van der Waals surface area contributed by atoms with Gasteiger partial charge in [-0.3, -0.25) is 9.59 Å². The van der Waals surface area contributed by atoms with Crippen LogP contribution in [0, 0.1) is 29.1 Å². The number of allylic oxidation sites excluding steroid dienone is 5. The van der Waals surface area contributed by atoms with Crippen LogP contribution in [-0.2, 0) is 28.9 Å². The first-order chi connectivity index (χ1) is 21.1. The molecule has 1 aromatic rings. The summed E-state index contributed by atoms with van der Waals surface area (Å²) in [5, 5.41) is 10.3. The number of fused-ring (bicyclic) bond motifs is 1. The molecule has 0 bridgehead atoms. The zero-order chi connectivity index (χ0) is 33.2. The lowest BCUT2D eigenvalue weighted by Gasteiger charge is -2.44. The Morgan fingerprint density at radius 3 is 2.27 bits per heavy atom. The average molecular weight is 641 g/mol. The van der Waals surface area contributed by atoms with Gasteiger partial charge in [0, 0.05) is 20.3 Å². The summed E-state index contributed by atoms with van der Waals surface area (Å²) in [4.78, 5) is 24.1. The molecule has 45 heavy (non-hydrogen) atoms.